The van der Waals surface area contributed by atoms with E-state index in [4.69, 9.17) is 9.47 Å². The Bertz CT molecular complexity index is 497. The van der Waals surface area contributed by atoms with Gasteiger partial charge in [-0.15, -0.1) is 0 Å². The van der Waals surface area contributed by atoms with Gasteiger partial charge in [0.25, 0.3) is 0 Å². The predicted octanol–water partition coefficient (Wildman–Crippen LogP) is 2.98. The molecule has 0 spiro atoms. The van der Waals surface area contributed by atoms with Crippen LogP contribution in [0.3, 0.4) is 0 Å². The standard InChI is InChI=1S/C14H15NO2/c1-11-4-3-5-13(8-11)17-10-12-6-7-15-14(9-12)16-2/h3-9H,10H2,1-2H3. The maximum Gasteiger partial charge on any atom is 0.213 e. The van der Waals surface area contributed by atoms with E-state index in [0.29, 0.717) is 12.5 Å². The van der Waals surface area contributed by atoms with Gasteiger partial charge in [0.1, 0.15) is 12.4 Å². The smallest absolute Gasteiger partial charge is 0.213 e. The Balaban J connectivity index is 2.02. The topological polar surface area (TPSA) is 31.4 Å². The van der Waals surface area contributed by atoms with Gasteiger partial charge < -0.3 is 9.47 Å². The molecular weight excluding hydrogens is 214 g/mol. The zero-order chi connectivity index (χ0) is 12.1. The molecule has 2 rings (SSSR count). The van der Waals surface area contributed by atoms with E-state index in [-0.39, 0.29) is 0 Å². The average molecular weight is 229 g/mol. The molecule has 3 nitrogen and oxygen atoms in total. The average Bonchev–Trinajstić information content (AvgIpc) is 2.37. The van der Waals surface area contributed by atoms with Crippen LogP contribution in [0.1, 0.15) is 11.1 Å². The van der Waals surface area contributed by atoms with Crippen LogP contribution in [0.15, 0.2) is 42.6 Å². The molecule has 3 heteroatoms. The van der Waals surface area contributed by atoms with Crippen molar-refractivity contribution >= 4 is 0 Å². The first kappa shape index (κ1) is 11.5. The predicted molar refractivity (Wildman–Crippen MR) is 66.3 cm³/mol. The third-order valence-electron chi connectivity index (χ3n) is 2.40. The molecule has 1 aromatic carbocycles. The number of ether oxygens (including phenoxy) is 2. The summed E-state index contributed by atoms with van der Waals surface area (Å²) in [5.41, 5.74) is 2.23. The van der Waals surface area contributed by atoms with Crippen molar-refractivity contribution in [2.75, 3.05) is 7.11 Å². The lowest BCUT2D eigenvalue weighted by Crippen LogP contribution is -1.97. The minimum Gasteiger partial charge on any atom is -0.489 e. The van der Waals surface area contributed by atoms with E-state index in [9.17, 15) is 0 Å². The Morgan fingerprint density at radius 3 is 2.82 bits per heavy atom. The highest BCUT2D eigenvalue weighted by atomic mass is 16.5. The monoisotopic (exact) mass is 229 g/mol. The Morgan fingerprint density at radius 2 is 2.06 bits per heavy atom. The van der Waals surface area contributed by atoms with E-state index < -0.39 is 0 Å². The van der Waals surface area contributed by atoms with E-state index in [0.717, 1.165) is 11.3 Å². The van der Waals surface area contributed by atoms with Crippen LogP contribution in [-0.4, -0.2) is 12.1 Å². The van der Waals surface area contributed by atoms with Gasteiger partial charge in [-0.3, -0.25) is 0 Å². The fourth-order valence-electron chi connectivity index (χ4n) is 1.52. The van der Waals surface area contributed by atoms with Gasteiger partial charge in [-0.05, 0) is 36.2 Å². The minimum absolute atomic E-state index is 0.516. The molecule has 88 valence electrons. The van der Waals surface area contributed by atoms with Crippen LogP contribution >= 0.6 is 0 Å². The summed E-state index contributed by atoms with van der Waals surface area (Å²) in [6, 6.07) is 11.8. The second-order valence-electron chi connectivity index (χ2n) is 3.81. The summed E-state index contributed by atoms with van der Waals surface area (Å²) in [4.78, 5) is 4.05. The molecule has 0 amide bonds. The van der Waals surface area contributed by atoms with Gasteiger partial charge in [0.2, 0.25) is 5.88 Å². The van der Waals surface area contributed by atoms with Crippen LogP contribution in [0.4, 0.5) is 0 Å². The Kier molecular flexibility index (Phi) is 3.60. The van der Waals surface area contributed by atoms with Crippen LogP contribution in [0.25, 0.3) is 0 Å². The first-order valence-corrected chi connectivity index (χ1v) is 5.46. The normalized spacial score (nSPS) is 10.0. The number of benzene rings is 1. The quantitative estimate of drug-likeness (QED) is 0.807. The van der Waals surface area contributed by atoms with Crippen LogP contribution in [0.2, 0.25) is 0 Å². The molecule has 0 bridgehead atoms. The molecule has 1 aromatic heterocycles. The van der Waals surface area contributed by atoms with Crippen LogP contribution in [0.5, 0.6) is 11.6 Å². The molecule has 0 aliphatic carbocycles. The summed E-state index contributed by atoms with van der Waals surface area (Å²) < 4.78 is 10.7. The molecule has 1 heterocycles. The molecule has 0 aliphatic rings. The molecule has 17 heavy (non-hydrogen) atoms. The van der Waals surface area contributed by atoms with Crippen molar-refractivity contribution in [2.24, 2.45) is 0 Å². The Morgan fingerprint density at radius 1 is 1.18 bits per heavy atom. The number of pyridine rings is 1. The largest absolute Gasteiger partial charge is 0.489 e. The van der Waals surface area contributed by atoms with E-state index in [1.807, 2.05) is 43.3 Å². The molecule has 0 aliphatic heterocycles. The fraction of sp³-hybridized carbons (Fsp3) is 0.214. The number of aromatic nitrogens is 1. The number of rotatable bonds is 4. The molecule has 2 aromatic rings. The SMILES string of the molecule is COc1cc(COc2cccc(C)c2)ccn1. The van der Waals surface area contributed by atoms with E-state index in [1.54, 1.807) is 13.3 Å². The Hall–Kier alpha value is -2.03. The highest BCUT2D eigenvalue weighted by molar-refractivity contribution is 5.28. The van der Waals surface area contributed by atoms with Crippen molar-refractivity contribution in [3.63, 3.8) is 0 Å². The summed E-state index contributed by atoms with van der Waals surface area (Å²) >= 11 is 0. The number of methoxy groups -OCH3 is 1. The van der Waals surface area contributed by atoms with Gasteiger partial charge in [0.05, 0.1) is 7.11 Å². The number of aryl methyl sites for hydroxylation is 1. The number of hydrogen-bond acceptors (Lipinski definition) is 3. The van der Waals surface area contributed by atoms with Gasteiger partial charge in [0.15, 0.2) is 0 Å². The second kappa shape index (κ2) is 5.34. The van der Waals surface area contributed by atoms with Gasteiger partial charge >= 0.3 is 0 Å². The highest BCUT2D eigenvalue weighted by Crippen LogP contribution is 2.15. The first-order chi connectivity index (χ1) is 8.28. The zero-order valence-corrected chi connectivity index (χ0v) is 10.0. The number of nitrogens with zero attached hydrogens (tertiary/aromatic N) is 1. The maximum atomic E-state index is 5.69. The van der Waals surface area contributed by atoms with E-state index in [1.165, 1.54) is 5.56 Å². The van der Waals surface area contributed by atoms with Crippen molar-refractivity contribution in [1.82, 2.24) is 4.98 Å². The van der Waals surface area contributed by atoms with Crippen LogP contribution in [-0.2, 0) is 6.61 Å². The molecule has 0 fully saturated rings. The minimum atomic E-state index is 0.516. The maximum absolute atomic E-state index is 5.69. The van der Waals surface area contributed by atoms with Crippen molar-refractivity contribution in [2.45, 2.75) is 13.5 Å². The fourth-order valence-corrected chi connectivity index (χ4v) is 1.52. The van der Waals surface area contributed by atoms with Gasteiger partial charge in [-0.2, -0.15) is 0 Å². The van der Waals surface area contributed by atoms with Gasteiger partial charge in [-0.1, -0.05) is 12.1 Å². The number of hydrogen-bond donors (Lipinski definition) is 0. The van der Waals surface area contributed by atoms with Gasteiger partial charge in [0, 0.05) is 12.3 Å². The summed E-state index contributed by atoms with van der Waals surface area (Å²) in [6.07, 6.45) is 1.72. The molecular formula is C14H15NO2. The molecule has 0 N–H and O–H groups in total. The summed E-state index contributed by atoms with van der Waals surface area (Å²) in [7, 11) is 1.60. The molecule has 0 radical (unpaired) electrons. The summed E-state index contributed by atoms with van der Waals surface area (Å²) in [5.74, 6) is 1.48. The summed E-state index contributed by atoms with van der Waals surface area (Å²) in [6.45, 7) is 2.56. The van der Waals surface area contributed by atoms with Crippen LogP contribution in [0, 0.1) is 6.92 Å². The second-order valence-corrected chi connectivity index (χ2v) is 3.81. The van der Waals surface area contributed by atoms with Crippen molar-refractivity contribution in [3.8, 4) is 11.6 Å². The van der Waals surface area contributed by atoms with Crippen molar-refractivity contribution < 1.29 is 9.47 Å². The van der Waals surface area contributed by atoms with Crippen LogP contribution < -0.4 is 9.47 Å². The lowest BCUT2D eigenvalue weighted by atomic mass is 10.2. The Labute approximate surface area is 101 Å². The summed E-state index contributed by atoms with van der Waals surface area (Å²) in [5, 5.41) is 0. The lowest BCUT2D eigenvalue weighted by molar-refractivity contribution is 0.304. The van der Waals surface area contributed by atoms with Crippen molar-refractivity contribution in [3.05, 3.63) is 53.7 Å². The molecule has 0 unspecified atom stereocenters. The first-order valence-electron chi connectivity index (χ1n) is 5.46. The van der Waals surface area contributed by atoms with E-state index in [2.05, 4.69) is 4.98 Å². The molecule has 0 atom stereocenters. The van der Waals surface area contributed by atoms with Gasteiger partial charge in [-0.25, -0.2) is 4.98 Å². The lowest BCUT2D eigenvalue weighted by Gasteiger charge is -2.07. The zero-order valence-electron chi connectivity index (χ0n) is 10.0. The highest BCUT2D eigenvalue weighted by Gasteiger charge is 1.99. The third-order valence-corrected chi connectivity index (χ3v) is 2.40. The van der Waals surface area contributed by atoms with Crippen molar-refractivity contribution in [1.29, 1.82) is 0 Å². The van der Waals surface area contributed by atoms with E-state index >= 15 is 0 Å². The molecule has 0 saturated heterocycles. The third kappa shape index (κ3) is 3.21. The molecule has 0 saturated carbocycles.